The van der Waals surface area contributed by atoms with Crippen molar-refractivity contribution >= 4 is 29.6 Å². The van der Waals surface area contributed by atoms with Gasteiger partial charge in [-0.1, -0.05) is 27.7 Å². The van der Waals surface area contributed by atoms with Crippen LogP contribution in [0.4, 0.5) is 0 Å². The number of carboxylic acids is 1. The van der Waals surface area contributed by atoms with E-state index < -0.39 is 53.8 Å². The zero-order valence-electron chi connectivity index (χ0n) is 18.6. The van der Waals surface area contributed by atoms with Gasteiger partial charge in [-0.15, -0.1) is 0 Å². The molecular formula is C20H35N5O6. The average molecular weight is 442 g/mol. The summed E-state index contributed by atoms with van der Waals surface area (Å²) in [5.74, 6) is -3.89. The standard InChI is InChI=1S/C20H35N5O6/c1-10(2)15(23-17(27)12(21)7-8-14(22)26)18(28)24-16(11(3)4)19(29)25-9-5-6-13(25)20(30)31/h10-13,15-16H,5-9,21H2,1-4H3,(H2,22,26)(H,23,27)(H,24,28)(H,30,31). The van der Waals surface area contributed by atoms with E-state index in [-0.39, 0.29) is 24.7 Å². The maximum absolute atomic E-state index is 13.0. The van der Waals surface area contributed by atoms with Crippen LogP contribution in [0.5, 0.6) is 0 Å². The van der Waals surface area contributed by atoms with E-state index >= 15 is 0 Å². The Morgan fingerprint density at radius 1 is 1.00 bits per heavy atom. The van der Waals surface area contributed by atoms with E-state index in [1.807, 2.05) is 0 Å². The molecule has 11 nitrogen and oxygen atoms in total. The van der Waals surface area contributed by atoms with Crippen molar-refractivity contribution in [2.24, 2.45) is 23.3 Å². The highest BCUT2D eigenvalue weighted by Crippen LogP contribution is 2.20. The molecule has 0 aliphatic carbocycles. The lowest BCUT2D eigenvalue weighted by molar-refractivity contribution is -0.150. The number of amides is 4. The Kier molecular flexibility index (Phi) is 9.89. The third-order valence-electron chi connectivity index (χ3n) is 5.34. The van der Waals surface area contributed by atoms with Gasteiger partial charge in [0.1, 0.15) is 18.1 Å². The van der Waals surface area contributed by atoms with Gasteiger partial charge in [0.2, 0.25) is 23.6 Å². The Morgan fingerprint density at radius 2 is 1.55 bits per heavy atom. The van der Waals surface area contributed by atoms with Gasteiger partial charge in [-0.05, 0) is 31.1 Å². The first-order valence-corrected chi connectivity index (χ1v) is 10.5. The fourth-order valence-electron chi connectivity index (χ4n) is 3.45. The molecule has 4 amide bonds. The lowest BCUT2D eigenvalue weighted by Gasteiger charge is -2.31. The van der Waals surface area contributed by atoms with E-state index in [4.69, 9.17) is 11.5 Å². The summed E-state index contributed by atoms with van der Waals surface area (Å²) in [6.07, 6.45) is 0.937. The molecule has 1 fully saturated rings. The number of carboxylic acid groups (broad SMARTS) is 1. The molecule has 0 bridgehead atoms. The summed E-state index contributed by atoms with van der Waals surface area (Å²) in [4.78, 5) is 61.9. The van der Waals surface area contributed by atoms with Crippen molar-refractivity contribution in [3.8, 4) is 0 Å². The Labute approximate surface area is 182 Å². The molecule has 0 aromatic heterocycles. The van der Waals surface area contributed by atoms with Gasteiger partial charge in [-0.25, -0.2) is 4.79 Å². The van der Waals surface area contributed by atoms with Crippen LogP contribution in [0.25, 0.3) is 0 Å². The maximum atomic E-state index is 13.0. The van der Waals surface area contributed by atoms with Gasteiger partial charge in [-0.2, -0.15) is 0 Å². The van der Waals surface area contributed by atoms with Crippen LogP contribution in [0, 0.1) is 11.8 Å². The van der Waals surface area contributed by atoms with Gasteiger partial charge >= 0.3 is 5.97 Å². The first-order valence-electron chi connectivity index (χ1n) is 10.5. The summed E-state index contributed by atoms with van der Waals surface area (Å²) in [6.45, 7) is 7.27. The molecule has 1 heterocycles. The van der Waals surface area contributed by atoms with Crippen molar-refractivity contribution < 1.29 is 29.1 Å². The molecule has 0 spiro atoms. The van der Waals surface area contributed by atoms with Gasteiger partial charge in [0.05, 0.1) is 6.04 Å². The van der Waals surface area contributed by atoms with Crippen molar-refractivity contribution in [2.75, 3.05) is 6.54 Å². The number of carbonyl (C=O) groups excluding carboxylic acids is 4. The predicted molar refractivity (Wildman–Crippen MR) is 112 cm³/mol. The molecule has 0 radical (unpaired) electrons. The van der Waals surface area contributed by atoms with Crippen molar-refractivity contribution in [3.05, 3.63) is 0 Å². The maximum Gasteiger partial charge on any atom is 0.326 e. The summed E-state index contributed by atoms with van der Waals surface area (Å²) in [5.41, 5.74) is 10.8. The summed E-state index contributed by atoms with van der Waals surface area (Å²) < 4.78 is 0. The smallest absolute Gasteiger partial charge is 0.326 e. The highest BCUT2D eigenvalue weighted by molar-refractivity contribution is 5.94. The van der Waals surface area contributed by atoms with Crippen LogP contribution in [-0.4, -0.2) is 70.3 Å². The number of primary amides is 1. The monoisotopic (exact) mass is 441 g/mol. The second kappa shape index (κ2) is 11.6. The minimum absolute atomic E-state index is 0.0479. The fourth-order valence-corrected chi connectivity index (χ4v) is 3.45. The van der Waals surface area contributed by atoms with E-state index in [9.17, 15) is 29.1 Å². The highest BCUT2D eigenvalue weighted by Gasteiger charge is 2.39. The van der Waals surface area contributed by atoms with Gasteiger partial charge in [0, 0.05) is 13.0 Å². The van der Waals surface area contributed by atoms with Gasteiger partial charge in [-0.3, -0.25) is 19.2 Å². The van der Waals surface area contributed by atoms with Crippen molar-refractivity contribution in [1.82, 2.24) is 15.5 Å². The number of hydrogen-bond acceptors (Lipinski definition) is 6. The van der Waals surface area contributed by atoms with Crippen LogP contribution < -0.4 is 22.1 Å². The third kappa shape index (κ3) is 7.50. The minimum atomic E-state index is -1.07. The molecule has 0 saturated carbocycles. The van der Waals surface area contributed by atoms with Gasteiger partial charge in [0.25, 0.3) is 0 Å². The normalized spacial score (nSPS) is 19.1. The van der Waals surface area contributed by atoms with Crippen molar-refractivity contribution in [2.45, 2.75) is 77.5 Å². The lowest BCUT2D eigenvalue weighted by Crippen LogP contribution is -2.59. The van der Waals surface area contributed by atoms with E-state index in [1.54, 1.807) is 27.7 Å². The number of nitrogens with zero attached hydrogens (tertiary/aromatic N) is 1. The fraction of sp³-hybridized carbons (Fsp3) is 0.750. The van der Waals surface area contributed by atoms with Crippen LogP contribution in [0.15, 0.2) is 0 Å². The molecule has 1 aliphatic rings. The molecule has 7 N–H and O–H groups in total. The number of aliphatic carboxylic acids is 1. The summed E-state index contributed by atoms with van der Waals surface area (Å²) in [6, 6.07) is -3.82. The van der Waals surface area contributed by atoms with Gasteiger partial charge in [0.15, 0.2) is 0 Å². The molecule has 1 rings (SSSR count). The second-order valence-corrected chi connectivity index (χ2v) is 8.60. The first kappa shape index (κ1) is 26.3. The SMILES string of the molecule is CC(C)C(NC(=O)C(N)CCC(N)=O)C(=O)NC(C(=O)N1CCCC1C(=O)O)C(C)C. The summed E-state index contributed by atoms with van der Waals surface area (Å²) >= 11 is 0. The molecule has 4 atom stereocenters. The van der Waals surface area contributed by atoms with E-state index in [1.165, 1.54) is 4.90 Å². The topological polar surface area (TPSA) is 185 Å². The van der Waals surface area contributed by atoms with Crippen LogP contribution >= 0.6 is 0 Å². The first-order chi connectivity index (χ1) is 14.4. The number of hydrogen-bond donors (Lipinski definition) is 5. The number of nitrogens with one attached hydrogen (secondary N) is 2. The van der Waals surface area contributed by atoms with Gasteiger partial charge < -0.3 is 32.1 Å². The molecule has 1 aliphatic heterocycles. The average Bonchev–Trinajstić information content (AvgIpc) is 3.17. The van der Waals surface area contributed by atoms with Crippen LogP contribution in [0.1, 0.15) is 53.4 Å². The molecular weight excluding hydrogens is 406 g/mol. The van der Waals surface area contributed by atoms with E-state index in [0.717, 1.165) is 0 Å². The zero-order valence-corrected chi connectivity index (χ0v) is 18.6. The van der Waals surface area contributed by atoms with Crippen molar-refractivity contribution in [1.29, 1.82) is 0 Å². The Balaban J connectivity index is 2.89. The molecule has 176 valence electrons. The predicted octanol–water partition coefficient (Wildman–Crippen LogP) is -1.06. The number of carbonyl (C=O) groups is 5. The molecule has 0 aromatic carbocycles. The Hall–Kier alpha value is -2.69. The van der Waals surface area contributed by atoms with Crippen LogP contribution in [-0.2, 0) is 24.0 Å². The molecule has 11 heteroatoms. The molecule has 31 heavy (non-hydrogen) atoms. The Bertz CT molecular complexity index is 696. The van der Waals surface area contributed by atoms with E-state index in [0.29, 0.717) is 19.4 Å². The molecule has 4 unspecified atom stereocenters. The zero-order chi connectivity index (χ0) is 23.9. The van der Waals surface area contributed by atoms with Crippen LogP contribution in [0.3, 0.4) is 0 Å². The number of rotatable bonds is 11. The largest absolute Gasteiger partial charge is 0.480 e. The Morgan fingerprint density at radius 3 is 2.03 bits per heavy atom. The summed E-state index contributed by atoms with van der Waals surface area (Å²) in [5, 5.41) is 14.6. The number of nitrogens with two attached hydrogens (primary N) is 2. The third-order valence-corrected chi connectivity index (χ3v) is 5.34. The van der Waals surface area contributed by atoms with E-state index in [2.05, 4.69) is 10.6 Å². The minimum Gasteiger partial charge on any atom is -0.480 e. The quantitative estimate of drug-likeness (QED) is 0.270. The molecule has 1 saturated heterocycles. The summed E-state index contributed by atoms with van der Waals surface area (Å²) in [7, 11) is 0. The van der Waals surface area contributed by atoms with Crippen molar-refractivity contribution in [3.63, 3.8) is 0 Å². The van der Waals surface area contributed by atoms with Crippen LogP contribution in [0.2, 0.25) is 0 Å². The lowest BCUT2D eigenvalue weighted by atomic mass is 9.98. The second-order valence-electron chi connectivity index (χ2n) is 8.60. The number of likely N-dealkylation sites (tertiary alicyclic amines) is 1. The highest BCUT2D eigenvalue weighted by atomic mass is 16.4. The molecule has 0 aromatic rings.